The largest absolute Gasteiger partial charge is 0.489 e. The minimum atomic E-state index is -0.525. The summed E-state index contributed by atoms with van der Waals surface area (Å²) >= 11 is 11.8. The first-order valence-electron chi connectivity index (χ1n) is 5.72. The third-order valence-corrected chi connectivity index (χ3v) is 3.18. The Hall–Kier alpha value is -1.18. The molecule has 2 aromatic rings. The summed E-state index contributed by atoms with van der Waals surface area (Å²) in [6.07, 6.45) is 0. The minimum absolute atomic E-state index is 0.467. The molecule has 0 aliphatic heterocycles. The number of halogens is 2. The molecular formula is C15H14Cl2O. The highest BCUT2D eigenvalue weighted by atomic mass is 35.5. The molecule has 2 rings (SSSR count). The van der Waals surface area contributed by atoms with Gasteiger partial charge >= 0.3 is 0 Å². The maximum atomic E-state index is 5.92. The molecule has 0 spiro atoms. The predicted octanol–water partition coefficient (Wildman–Crippen LogP) is 5.05. The van der Waals surface area contributed by atoms with E-state index in [1.54, 1.807) is 0 Å². The van der Waals surface area contributed by atoms with Crippen LogP contribution in [0.3, 0.4) is 0 Å². The van der Waals surface area contributed by atoms with Crippen LogP contribution < -0.4 is 4.74 Å². The van der Waals surface area contributed by atoms with Gasteiger partial charge in [-0.25, -0.2) is 0 Å². The topological polar surface area (TPSA) is 9.23 Å². The van der Waals surface area contributed by atoms with Crippen molar-refractivity contribution in [3.63, 3.8) is 0 Å². The van der Waals surface area contributed by atoms with Crippen molar-refractivity contribution >= 4 is 23.2 Å². The van der Waals surface area contributed by atoms with Gasteiger partial charge in [-0.3, -0.25) is 0 Å². The minimum Gasteiger partial charge on any atom is -0.489 e. The summed E-state index contributed by atoms with van der Waals surface area (Å²) in [6.45, 7) is 2.51. The van der Waals surface area contributed by atoms with Gasteiger partial charge in [-0.1, -0.05) is 42.0 Å². The number of benzene rings is 2. The number of aryl methyl sites for hydroxylation is 1. The maximum absolute atomic E-state index is 5.92. The lowest BCUT2D eigenvalue weighted by atomic mass is 10.1. The fourth-order valence-corrected chi connectivity index (χ4v) is 2.10. The quantitative estimate of drug-likeness (QED) is 0.712. The summed E-state index contributed by atoms with van der Waals surface area (Å²) in [4.78, 5) is -0.525. The van der Waals surface area contributed by atoms with Crippen LogP contribution in [0.15, 0.2) is 48.5 Å². The van der Waals surface area contributed by atoms with Crippen LogP contribution in [0.4, 0.5) is 0 Å². The predicted molar refractivity (Wildman–Crippen MR) is 76.4 cm³/mol. The Bertz CT molecular complexity index is 506. The first-order valence-corrected chi connectivity index (χ1v) is 6.59. The Labute approximate surface area is 117 Å². The number of alkyl halides is 2. The van der Waals surface area contributed by atoms with Crippen molar-refractivity contribution in [2.24, 2.45) is 0 Å². The van der Waals surface area contributed by atoms with Gasteiger partial charge in [0.15, 0.2) is 0 Å². The molecule has 2 aromatic carbocycles. The van der Waals surface area contributed by atoms with Crippen molar-refractivity contribution < 1.29 is 4.74 Å². The van der Waals surface area contributed by atoms with Crippen LogP contribution in [0.5, 0.6) is 5.75 Å². The summed E-state index contributed by atoms with van der Waals surface area (Å²) in [5.74, 6) is 0.844. The molecule has 0 atom stereocenters. The zero-order valence-electron chi connectivity index (χ0n) is 10.1. The van der Waals surface area contributed by atoms with Crippen molar-refractivity contribution in [1.82, 2.24) is 0 Å². The summed E-state index contributed by atoms with van der Waals surface area (Å²) in [7, 11) is 0. The molecule has 0 saturated carbocycles. The van der Waals surface area contributed by atoms with Gasteiger partial charge < -0.3 is 4.74 Å². The van der Waals surface area contributed by atoms with Crippen molar-refractivity contribution in [2.45, 2.75) is 18.4 Å². The van der Waals surface area contributed by atoms with Gasteiger partial charge in [0.1, 0.15) is 17.2 Å². The molecule has 94 valence electrons. The van der Waals surface area contributed by atoms with E-state index in [2.05, 4.69) is 0 Å². The number of hydrogen-bond donors (Lipinski definition) is 0. The molecule has 18 heavy (non-hydrogen) atoms. The molecule has 0 aliphatic carbocycles. The zero-order chi connectivity index (χ0) is 13.0. The SMILES string of the molecule is Cc1ccc(OCc2ccccc2C(Cl)Cl)cc1. The number of ether oxygens (including phenoxy) is 1. The average Bonchev–Trinajstić information content (AvgIpc) is 2.38. The lowest BCUT2D eigenvalue weighted by Crippen LogP contribution is -1.99. The highest BCUT2D eigenvalue weighted by Gasteiger charge is 2.09. The van der Waals surface area contributed by atoms with E-state index >= 15 is 0 Å². The monoisotopic (exact) mass is 280 g/mol. The molecule has 0 radical (unpaired) electrons. The summed E-state index contributed by atoms with van der Waals surface area (Å²) in [6, 6.07) is 15.7. The lowest BCUT2D eigenvalue weighted by Gasteiger charge is -2.11. The Morgan fingerprint density at radius 2 is 1.67 bits per heavy atom. The van der Waals surface area contributed by atoms with Crippen LogP contribution in [-0.4, -0.2) is 0 Å². The van der Waals surface area contributed by atoms with Crippen LogP contribution in [0.25, 0.3) is 0 Å². The Kier molecular flexibility index (Phi) is 4.51. The van der Waals surface area contributed by atoms with Crippen molar-refractivity contribution in [1.29, 1.82) is 0 Å². The van der Waals surface area contributed by atoms with Crippen molar-refractivity contribution in [3.05, 3.63) is 65.2 Å². The summed E-state index contributed by atoms with van der Waals surface area (Å²) in [5, 5.41) is 0. The van der Waals surface area contributed by atoms with Gasteiger partial charge in [-0.05, 0) is 30.2 Å². The molecule has 0 N–H and O–H groups in total. The van der Waals surface area contributed by atoms with Gasteiger partial charge in [-0.15, -0.1) is 23.2 Å². The van der Waals surface area contributed by atoms with Crippen molar-refractivity contribution in [3.8, 4) is 5.75 Å². The number of rotatable bonds is 4. The average molecular weight is 281 g/mol. The van der Waals surface area contributed by atoms with Crippen LogP contribution in [0.1, 0.15) is 21.5 Å². The molecule has 1 nitrogen and oxygen atoms in total. The van der Waals surface area contributed by atoms with Crippen LogP contribution in [0.2, 0.25) is 0 Å². The molecule has 0 bridgehead atoms. The van der Waals surface area contributed by atoms with E-state index in [4.69, 9.17) is 27.9 Å². The molecule has 0 unspecified atom stereocenters. The second-order valence-corrected chi connectivity index (χ2v) is 5.20. The van der Waals surface area contributed by atoms with Crippen LogP contribution >= 0.6 is 23.2 Å². The maximum Gasteiger partial charge on any atom is 0.133 e. The molecule has 0 heterocycles. The normalized spacial score (nSPS) is 10.7. The highest BCUT2D eigenvalue weighted by molar-refractivity contribution is 6.44. The Morgan fingerprint density at radius 1 is 1.00 bits per heavy atom. The molecule has 0 aliphatic rings. The molecule has 0 saturated heterocycles. The van der Waals surface area contributed by atoms with E-state index in [1.807, 2.05) is 55.5 Å². The van der Waals surface area contributed by atoms with E-state index < -0.39 is 4.84 Å². The fourth-order valence-electron chi connectivity index (χ4n) is 1.67. The van der Waals surface area contributed by atoms with E-state index in [-0.39, 0.29) is 0 Å². The molecule has 0 aromatic heterocycles. The van der Waals surface area contributed by atoms with Crippen LogP contribution in [-0.2, 0) is 6.61 Å². The van der Waals surface area contributed by atoms with Gasteiger partial charge in [0.25, 0.3) is 0 Å². The molecule has 0 amide bonds. The van der Waals surface area contributed by atoms with E-state index in [9.17, 15) is 0 Å². The van der Waals surface area contributed by atoms with Gasteiger partial charge in [0.2, 0.25) is 0 Å². The van der Waals surface area contributed by atoms with Gasteiger partial charge in [0.05, 0.1) is 0 Å². The third-order valence-electron chi connectivity index (χ3n) is 2.71. The standard InChI is InChI=1S/C15H14Cl2O/c1-11-6-8-13(9-7-11)18-10-12-4-2-3-5-14(12)15(16)17/h2-9,15H,10H2,1H3. The van der Waals surface area contributed by atoms with E-state index in [0.717, 1.165) is 16.9 Å². The fraction of sp³-hybridized carbons (Fsp3) is 0.200. The third kappa shape index (κ3) is 3.41. The molecule has 0 fully saturated rings. The second-order valence-electron chi connectivity index (χ2n) is 4.10. The highest BCUT2D eigenvalue weighted by Crippen LogP contribution is 2.28. The van der Waals surface area contributed by atoms with Gasteiger partial charge in [-0.2, -0.15) is 0 Å². The van der Waals surface area contributed by atoms with Crippen molar-refractivity contribution in [2.75, 3.05) is 0 Å². The van der Waals surface area contributed by atoms with E-state index in [1.165, 1.54) is 5.56 Å². The first-order chi connectivity index (χ1) is 8.66. The molecular weight excluding hydrogens is 267 g/mol. The Morgan fingerprint density at radius 3 is 2.33 bits per heavy atom. The Balaban J connectivity index is 2.08. The molecule has 3 heteroatoms. The zero-order valence-corrected chi connectivity index (χ0v) is 11.6. The van der Waals surface area contributed by atoms with E-state index in [0.29, 0.717) is 6.61 Å². The number of hydrogen-bond acceptors (Lipinski definition) is 1. The summed E-state index contributed by atoms with van der Waals surface area (Å²) in [5.41, 5.74) is 3.12. The first kappa shape index (κ1) is 13.3. The smallest absolute Gasteiger partial charge is 0.133 e. The van der Waals surface area contributed by atoms with Crippen LogP contribution in [0, 0.1) is 6.92 Å². The lowest BCUT2D eigenvalue weighted by molar-refractivity contribution is 0.305. The second kappa shape index (κ2) is 6.12. The summed E-state index contributed by atoms with van der Waals surface area (Å²) < 4.78 is 5.72. The van der Waals surface area contributed by atoms with Gasteiger partial charge in [0, 0.05) is 0 Å².